The van der Waals surface area contributed by atoms with Crippen molar-refractivity contribution in [3.63, 3.8) is 0 Å². The highest BCUT2D eigenvalue weighted by atomic mass is 16.3. The highest BCUT2D eigenvalue weighted by molar-refractivity contribution is 5.88. The molecule has 1 atom stereocenters. The summed E-state index contributed by atoms with van der Waals surface area (Å²) >= 11 is 0. The Labute approximate surface area is 131 Å². The van der Waals surface area contributed by atoms with E-state index in [1.54, 1.807) is 16.9 Å². The normalized spacial score (nSPS) is 19.1. The standard InChI is InChI=1S/C15H27N5O2/c1-2-8-20-14(5-6-17-20)18-15(22)16-7-10-19-9-3-4-13(11-19)12-21/h5-6,13,21H,2-4,7-12H2,1H3,(H2,16,18,22)/t13-/m1/s1. The fourth-order valence-corrected chi connectivity index (χ4v) is 2.82. The van der Waals surface area contributed by atoms with E-state index in [4.69, 9.17) is 0 Å². The number of nitrogens with one attached hydrogen (secondary N) is 2. The van der Waals surface area contributed by atoms with Crippen LogP contribution < -0.4 is 10.6 Å². The summed E-state index contributed by atoms with van der Waals surface area (Å²) in [6.07, 6.45) is 4.88. The number of aryl methyl sites for hydroxylation is 1. The number of likely N-dealkylation sites (tertiary alicyclic amines) is 1. The quantitative estimate of drug-likeness (QED) is 0.705. The Morgan fingerprint density at radius 1 is 1.50 bits per heavy atom. The fourth-order valence-electron chi connectivity index (χ4n) is 2.82. The predicted molar refractivity (Wildman–Crippen MR) is 85.8 cm³/mol. The van der Waals surface area contributed by atoms with E-state index in [0.29, 0.717) is 12.5 Å². The molecule has 1 aromatic heterocycles. The number of aliphatic hydroxyl groups excluding tert-OH is 1. The minimum Gasteiger partial charge on any atom is -0.396 e. The zero-order valence-corrected chi connectivity index (χ0v) is 13.3. The average Bonchev–Trinajstić information content (AvgIpc) is 2.95. The van der Waals surface area contributed by atoms with Crippen molar-refractivity contribution in [2.75, 3.05) is 38.1 Å². The number of anilines is 1. The summed E-state index contributed by atoms with van der Waals surface area (Å²) < 4.78 is 1.79. The molecule has 22 heavy (non-hydrogen) atoms. The molecular weight excluding hydrogens is 282 g/mol. The Hall–Kier alpha value is -1.60. The molecule has 0 bridgehead atoms. The van der Waals surface area contributed by atoms with Gasteiger partial charge in [-0.2, -0.15) is 5.10 Å². The molecule has 0 unspecified atom stereocenters. The maximum Gasteiger partial charge on any atom is 0.320 e. The van der Waals surface area contributed by atoms with Gasteiger partial charge in [0.25, 0.3) is 0 Å². The number of nitrogens with zero attached hydrogens (tertiary/aromatic N) is 3. The predicted octanol–water partition coefficient (Wildman–Crippen LogP) is 1.12. The maximum absolute atomic E-state index is 11.9. The second kappa shape index (κ2) is 8.75. The molecule has 2 amide bonds. The summed E-state index contributed by atoms with van der Waals surface area (Å²) in [5.74, 6) is 1.10. The van der Waals surface area contributed by atoms with Gasteiger partial charge >= 0.3 is 6.03 Å². The van der Waals surface area contributed by atoms with Crippen molar-refractivity contribution < 1.29 is 9.90 Å². The number of hydrogen-bond acceptors (Lipinski definition) is 4. The van der Waals surface area contributed by atoms with Crippen molar-refractivity contribution in [3.05, 3.63) is 12.3 Å². The van der Waals surface area contributed by atoms with Gasteiger partial charge in [-0.3, -0.25) is 5.32 Å². The van der Waals surface area contributed by atoms with Gasteiger partial charge in [-0.05, 0) is 31.7 Å². The first-order valence-corrected chi connectivity index (χ1v) is 8.12. The summed E-state index contributed by atoms with van der Waals surface area (Å²) in [5.41, 5.74) is 0. The Kier molecular flexibility index (Phi) is 6.67. The Balaban J connectivity index is 1.68. The van der Waals surface area contributed by atoms with Gasteiger partial charge < -0.3 is 15.3 Å². The third-order valence-electron chi connectivity index (χ3n) is 3.97. The van der Waals surface area contributed by atoms with E-state index >= 15 is 0 Å². The molecule has 1 aliphatic rings. The van der Waals surface area contributed by atoms with E-state index in [2.05, 4.69) is 27.6 Å². The average molecular weight is 309 g/mol. The van der Waals surface area contributed by atoms with Crippen molar-refractivity contribution in [3.8, 4) is 0 Å². The van der Waals surface area contributed by atoms with Crippen molar-refractivity contribution in [1.29, 1.82) is 0 Å². The van der Waals surface area contributed by atoms with Crippen LogP contribution in [0.4, 0.5) is 10.6 Å². The van der Waals surface area contributed by atoms with Crippen LogP contribution in [0.5, 0.6) is 0 Å². The van der Waals surface area contributed by atoms with Crippen LogP contribution in [-0.2, 0) is 6.54 Å². The molecule has 7 heteroatoms. The van der Waals surface area contributed by atoms with Crippen molar-refractivity contribution >= 4 is 11.8 Å². The lowest BCUT2D eigenvalue weighted by Crippen LogP contribution is -2.42. The second-order valence-corrected chi connectivity index (χ2v) is 5.81. The molecule has 2 rings (SSSR count). The van der Waals surface area contributed by atoms with E-state index in [1.807, 2.05) is 0 Å². The number of aromatic nitrogens is 2. The van der Waals surface area contributed by atoms with Gasteiger partial charge in [0.2, 0.25) is 0 Å². The van der Waals surface area contributed by atoms with Gasteiger partial charge in [0.15, 0.2) is 0 Å². The topological polar surface area (TPSA) is 82.4 Å². The fraction of sp³-hybridized carbons (Fsp3) is 0.733. The first-order chi connectivity index (χ1) is 10.7. The zero-order chi connectivity index (χ0) is 15.8. The second-order valence-electron chi connectivity index (χ2n) is 5.81. The van der Waals surface area contributed by atoms with E-state index in [-0.39, 0.29) is 12.6 Å². The van der Waals surface area contributed by atoms with Crippen LogP contribution in [0.25, 0.3) is 0 Å². The highest BCUT2D eigenvalue weighted by Crippen LogP contribution is 2.14. The van der Waals surface area contributed by atoms with Gasteiger partial charge in [0.05, 0.1) is 6.20 Å². The Morgan fingerprint density at radius 2 is 2.36 bits per heavy atom. The third-order valence-corrected chi connectivity index (χ3v) is 3.97. The number of urea groups is 1. The van der Waals surface area contributed by atoms with Crippen LogP contribution in [0.15, 0.2) is 12.3 Å². The number of aliphatic hydroxyl groups is 1. The van der Waals surface area contributed by atoms with Crippen LogP contribution in [-0.4, -0.2) is 58.6 Å². The lowest BCUT2D eigenvalue weighted by molar-refractivity contribution is 0.121. The van der Waals surface area contributed by atoms with E-state index in [0.717, 1.165) is 51.3 Å². The molecule has 3 N–H and O–H groups in total. The first kappa shape index (κ1) is 16.8. The summed E-state index contributed by atoms with van der Waals surface area (Å²) in [6.45, 7) is 6.50. The smallest absolute Gasteiger partial charge is 0.320 e. The van der Waals surface area contributed by atoms with Crippen LogP contribution in [0.1, 0.15) is 26.2 Å². The van der Waals surface area contributed by atoms with Gasteiger partial charge in [-0.25, -0.2) is 9.48 Å². The van der Waals surface area contributed by atoms with Crippen molar-refractivity contribution in [1.82, 2.24) is 20.0 Å². The van der Waals surface area contributed by atoms with Crippen LogP contribution in [0.3, 0.4) is 0 Å². The molecule has 0 aliphatic carbocycles. The number of piperidine rings is 1. The third kappa shape index (κ3) is 4.99. The molecule has 1 saturated heterocycles. The van der Waals surface area contributed by atoms with Gasteiger partial charge in [-0.15, -0.1) is 0 Å². The summed E-state index contributed by atoms with van der Waals surface area (Å²) in [6, 6.07) is 1.60. The van der Waals surface area contributed by atoms with Crippen LogP contribution in [0.2, 0.25) is 0 Å². The highest BCUT2D eigenvalue weighted by Gasteiger charge is 2.18. The molecular formula is C15H27N5O2. The molecule has 0 radical (unpaired) electrons. The monoisotopic (exact) mass is 309 g/mol. The zero-order valence-electron chi connectivity index (χ0n) is 13.3. The number of carbonyl (C=O) groups is 1. The van der Waals surface area contributed by atoms with Crippen molar-refractivity contribution in [2.45, 2.75) is 32.7 Å². The SMILES string of the molecule is CCCn1nccc1NC(=O)NCCN1CCC[C@@H](CO)C1. The summed E-state index contributed by atoms with van der Waals surface area (Å²) in [4.78, 5) is 14.2. The lowest BCUT2D eigenvalue weighted by Gasteiger charge is -2.31. The first-order valence-electron chi connectivity index (χ1n) is 8.12. The number of rotatable bonds is 7. The maximum atomic E-state index is 11.9. The van der Waals surface area contributed by atoms with E-state index in [9.17, 15) is 9.90 Å². The molecule has 1 aliphatic heterocycles. The van der Waals surface area contributed by atoms with Crippen LogP contribution >= 0.6 is 0 Å². The molecule has 7 nitrogen and oxygen atoms in total. The van der Waals surface area contributed by atoms with Crippen LogP contribution in [0, 0.1) is 5.92 Å². The largest absolute Gasteiger partial charge is 0.396 e. The molecule has 1 fully saturated rings. The van der Waals surface area contributed by atoms with Gasteiger partial charge in [0, 0.05) is 38.9 Å². The molecule has 124 valence electrons. The van der Waals surface area contributed by atoms with Gasteiger partial charge in [-0.1, -0.05) is 6.92 Å². The number of amides is 2. The van der Waals surface area contributed by atoms with Gasteiger partial charge in [0.1, 0.15) is 5.82 Å². The molecule has 2 heterocycles. The van der Waals surface area contributed by atoms with E-state index < -0.39 is 0 Å². The Morgan fingerprint density at radius 3 is 3.14 bits per heavy atom. The van der Waals surface area contributed by atoms with E-state index in [1.165, 1.54) is 0 Å². The summed E-state index contributed by atoms with van der Waals surface area (Å²) in [7, 11) is 0. The van der Waals surface area contributed by atoms with Crippen molar-refractivity contribution in [2.24, 2.45) is 5.92 Å². The Bertz CT molecular complexity index is 463. The molecule has 0 saturated carbocycles. The molecule has 0 aromatic carbocycles. The molecule has 1 aromatic rings. The minimum absolute atomic E-state index is 0.200. The summed E-state index contributed by atoms with van der Waals surface area (Å²) in [5, 5.41) is 19.1. The number of carbonyl (C=O) groups excluding carboxylic acids is 1. The number of hydrogen-bond donors (Lipinski definition) is 3. The minimum atomic E-state index is -0.200. The lowest BCUT2D eigenvalue weighted by atomic mass is 9.99. The molecule has 0 spiro atoms.